The number of esters is 2. The molecule has 1 aromatic rings. The molecule has 2 saturated carbocycles. The summed E-state index contributed by atoms with van der Waals surface area (Å²) in [5.41, 5.74) is -0.771. The molecule has 0 aromatic heterocycles. The number of nitrogens with one attached hydrogen (secondary N) is 2. The first kappa shape index (κ1) is 30.4. The summed E-state index contributed by atoms with van der Waals surface area (Å²) in [5.74, 6) is -1.17. The smallest absolute Gasteiger partial charge is 0.408 e. The lowest BCUT2D eigenvalue weighted by molar-refractivity contribution is -0.159. The molecule has 0 saturated heterocycles. The molecule has 1 aromatic carbocycles. The highest BCUT2D eigenvalue weighted by Crippen LogP contribution is 2.43. The molecule has 2 aliphatic rings. The summed E-state index contributed by atoms with van der Waals surface area (Å²) >= 11 is 0. The molecule has 3 rings (SSSR count). The molecule has 0 radical (unpaired) electrons. The van der Waals surface area contributed by atoms with Crippen LogP contribution in [0, 0.1) is 11.3 Å². The molecule has 2 aliphatic carbocycles. The van der Waals surface area contributed by atoms with Crippen LogP contribution in [0.2, 0.25) is 0 Å². The SMILES string of the molecule is CCOC(=O)[C@H]1CCC[C@@H](NC(=O)C2(CC(NC(=O)OCc3ccccc3)C(=O)OC(C)(C)C)CCCC2)C1. The van der Waals surface area contributed by atoms with Gasteiger partial charge in [0.05, 0.1) is 17.9 Å². The Morgan fingerprint density at radius 3 is 2.33 bits per heavy atom. The molecule has 0 spiro atoms. The summed E-state index contributed by atoms with van der Waals surface area (Å²) in [5, 5.41) is 5.86. The van der Waals surface area contributed by atoms with Crippen molar-refractivity contribution in [3.05, 3.63) is 35.9 Å². The zero-order valence-corrected chi connectivity index (χ0v) is 23.8. The molecule has 2 N–H and O–H groups in total. The fraction of sp³-hybridized carbons (Fsp3) is 0.667. The van der Waals surface area contributed by atoms with E-state index in [0.717, 1.165) is 37.7 Å². The first-order valence-corrected chi connectivity index (χ1v) is 14.2. The number of carbonyl (C=O) groups excluding carboxylic acids is 4. The van der Waals surface area contributed by atoms with Gasteiger partial charge in [-0.05, 0) is 71.8 Å². The Hall–Kier alpha value is -3.10. The number of benzene rings is 1. The van der Waals surface area contributed by atoms with Crippen molar-refractivity contribution in [2.75, 3.05) is 6.61 Å². The van der Waals surface area contributed by atoms with Crippen LogP contribution in [0.25, 0.3) is 0 Å². The topological polar surface area (TPSA) is 120 Å². The number of alkyl carbamates (subject to hydrolysis) is 1. The van der Waals surface area contributed by atoms with E-state index in [-0.39, 0.29) is 36.9 Å². The molecule has 3 atom stereocenters. The Bertz CT molecular complexity index is 983. The predicted molar refractivity (Wildman–Crippen MR) is 145 cm³/mol. The van der Waals surface area contributed by atoms with Crippen molar-refractivity contribution in [1.82, 2.24) is 10.6 Å². The molecule has 0 heterocycles. The molecule has 9 nitrogen and oxygen atoms in total. The number of hydrogen-bond acceptors (Lipinski definition) is 7. The Balaban J connectivity index is 1.70. The van der Waals surface area contributed by atoms with Crippen molar-refractivity contribution >= 4 is 23.9 Å². The Morgan fingerprint density at radius 1 is 1.00 bits per heavy atom. The zero-order valence-electron chi connectivity index (χ0n) is 23.8. The van der Waals surface area contributed by atoms with Gasteiger partial charge in [-0.25, -0.2) is 9.59 Å². The number of carbonyl (C=O) groups is 4. The van der Waals surface area contributed by atoms with E-state index in [2.05, 4.69) is 10.6 Å². The first-order valence-electron chi connectivity index (χ1n) is 14.2. The van der Waals surface area contributed by atoms with Gasteiger partial charge in [-0.2, -0.15) is 0 Å². The fourth-order valence-electron chi connectivity index (χ4n) is 5.57. The fourth-order valence-corrected chi connectivity index (χ4v) is 5.57. The van der Waals surface area contributed by atoms with E-state index in [0.29, 0.717) is 25.9 Å². The average molecular weight is 545 g/mol. The van der Waals surface area contributed by atoms with Gasteiger partial charge in [0.2, 0.25) is 5.91 Å². The van der Waals surface area contributed by atoms with Gasteiger partial charge in [-0.15, -0.1) is 0 Å². The molecular formula is C30H44N2O7. The van der Waals surface area contributed by atoms with Gasteiger partial charge < -0.3 is 24.8 Å². The third kappa shape index (κ3) is 9.25. The maximum absolute atomic E-state index is 13.8. The van der Waals surface area contributed by atoms with E-state index in [9.17, 15) is 19.2 Å². The third-order valence-electron chi connectivity index (χ3n) is 7.46. The average Bonchev–Trinajstić information content (AvgIpc) is 3.37. The molecule has 0 aliphatic heterocycles. The third-order valence-corrected chi connectivity index (χ3v) is 7.46. The molecule has 2 amide bonds. The molecule has 2 fully saturated rings. The first-order chi connectivity index (χ1) is 18.5. The lowest BCUT2D eigenvalue weighted by Gasteiger charge is -2.35. The highest BCUT2D eigenvalue weighted by molar-refractivity contribution is 5.86. The molecule has 9 heteroatoms. The summed E-state index contributed by atoms with van der Waals surface area (Å²) in [4.78, 5) is 52.0. The lowest BCUT2D eigenvalue weighted by Crippen LogP contribution is -2.52. The van der Waals surface area contributed by atoms with Gasteiger partial charge in [0.15, 0.2) is 0 Å². The van der Waals surface area contributed by atoms with Crippen molar-refractivity contribution in [3.63, 3.8) is 0 Å². The number of ether oxygens (including phenoxy) is 3. The Kier molecular flexibility index (Phi) is 10.8. The van der Waals surface area contributed by atoms with Crippen LogP contribution in [0.5, 0.6) is 0 Å². The monoisotopic (exact) mass is 544 g/mol. The summed E-state index contributed by atoms with van der Waals surface area (Å²) in [6.07, 6.45) is 5.20. The summed E-state index contributed by atoms with van der Waals surface area (Å²) in [6, 6.07) is 8.08. The lowest BCUT2D eigenvalue weighted by atomic mass is 9.77. The van der Waals surface area contributed by atoms with Crippen molar-refractivity contribution in [2.45, 2.75) is 110 Å². The molecule has 39 heavy (non-hydrogen) atoms. The van der Waals surface area contributed by atoms with Crippen molar-refractivity contribution in [1.29, 1.82) is 0 Å². The molecule has 1 unspecified atom stereocenters. The predicted octanol–water partition coefficient (Wildman–Crippen LogP) is 4.81. The molecular weight excluding hydrogens is 500 g/mol. The van der Waals surface area contributed by atoms with E-state index in [1.54, 1.807) is 27.7 Å². The van der Waals surface area contributed by atoms with Crippen molar-refractivity contribution in [2.24, 2.45) is 11.3 Å². The van der Waals surface area contributed by atoms with Gasteiger partial charge in [-0.1, -0.05) is 49.6 Å². The Morgan fingerprint density at radius 2 is 1.69 bits per heavy atom. The minimum absolute atomic E-state index is 0.0582. The van der Waals surface area contributed by atoms with Crippen LogP contribution in [0.15, 0.2) is 30.3 Å². The second-order valence-electron chi connectivity index (χ2n) is 11.8. The maximum atomic E-state index is 13.8. The number of amides is 2. The minimum atomic E-state index is -1.05. The highest BCUT2D eigenvalue weighted by atomic mass is 16.6. The summed E-state index contributed by atoms with van der Waals surface area (Å²) in [7, 11) is 0. The second-order valence-corrected chi connectivity index (χ2v) is 11.8. The Labute approximate surface area is 231 Å². The van der Waals surface area contributed by atoms with E-state index in [1.807, 2.05) is 30.3 Å². The standard InChI is InChI=1S/C30H44N2O7/c1-5-37-25(33)22-14-11-15-23(18-22)31-27(35)30(16-9-10-17-30)19-24(26(34)39-29(2,3)4)32-28(36)38-20-21-12-7-6-8-13-21/h6-8,12-13,22-24H,5,9-11,14-20H2,1-4H3,(H,31,35)(H,32,36)/t22-,23+,24?/m0/s1. The van der Waals surface area contributed by atoms with Gasteiger partial charge >= 0.3 is 18.0 Å². The number of hydrogen-bond donors (Lipinski definition) is 2. The molecule has 216 valence electrons. The van der Waals surface area contributed by atoms with Crippen molar-refractivity contribution < 1.29 is 33.4 Å². The number of rotatable bonds is 10. The van der Waals surface area contributed by atoms with Crippen LogP contribution >= 0.6 is 0 Å². The van der Waals surface area contributed by atoms with Crippen molar-refractivity contribution in [3.8, 4) is 0 Å². The van der Waals surface area contributed by atoms with E-state index >= 15 is 0 Å². The highest BCUT2D eigenvalue weighted by Gasteiger charge is 2.46. The molecule has 0 bridgehead atoms. The van der Waals surface area contributed by atoms with Gasteiger partial charge in [0, 0.05) is 6.04 Å². The van der Waals surface area contributed by atoms with Crippen LogP contribution < -0.4 is 10.6 Å². The van der Waals surface area contributed by atoms with Gasteiger partial charge in [0.1, 0.15) is 18.2 Å². The summed E-state index contributed by atoms with van der Waals surface area (Å²) in [6.45, 7) is 7.46. The van der Waals surface area contributed by atoms with Gasteiger partial charge in [-0.3, -0.25) is 9.59 Å². The van der Waals surface area contributed by atoms with Gasteiger partial charge in [0.25, 0.3) is 0 Å². The van der Waals surface area contributed by atoms with E-state index in [1.165, 1.54) is 0 Å². The van der Waals surface area contributed by atoms with Crippen LogP contribution in [-0.4, -0.2) is 48.2 Å². The van der Waals surface area contributed by atoms with Crippen LogP contribution in [0.4, 0.5) is 4.79 Å². The largest absolute Gasteiger partial charge is 0.466 e. The normalized spacial score (nSPS) is 21.3. The van der Waals surface area contributed by atoms with Crippen LogP contribution in [-0.2, 0) is 35.2 Å². The minimum Gasteiger partial charge on any atom is -0.466 e. The second kappa shape index (κ2) is 13.8. The van der Waals surface area contributed by atoms with Crippen LogP contribution in [0.3, 0.4) is 0 Å². The summed E-state index contributed by atoms with van der Waals surface area (Å²) < 4.78 is 16.2. The van der Waals surface area contributed by atoms with E-state index in [4.69, 9.17) is 14.2 Å². The quantitative estimate of drug-likeness (QED) is 0.320. The van der Waals surface area contributed by atoms with E-state index < -0.39 is 29.1 Å². The van der Waals surface area contributed by atoms with Crippen LogP contribution in [0.1, 0.15) is 91.0 Å². The maximum Gasteiger partial charge on any atom is 0.408 e. The zero-order chi connectivity index (χ0) is 28.5.